The molecular formula is C28H37N6O5P. The minimum absolute atomic E-state index is 0.0576. The molecule has 5 atom stereocenters. The third-order valence-corrected chi connectivity index (χ3v) is 8.49. The number of carbonyl (C=O) groups is 1. The quantitative estimate of drug-likeness (QED) is 0.187. The molecule has 40 heavy (non-hydrogen) atoms. The highest BCUT2D eigenvalue weighted by Crippen LogP contribution is 2.50. The minimum Gasteiger partial charge on any atom is -0.374 e. The van der Waals surface area contributed by atoms with E-state index in [2.05, 4.69) is 58.6 Å². The molecule has 11 nitrogen and oxygen atoms in total. The molecule has 2 aromatic heterocycles. The van der Waals surface area contributed by atoms with Crippen LogP contribution < -0.4 is 5.32 Å². The maximum Gasteiger partial charge on any atom is 0.259 e. The van der Waals surface area contributed by atoms with Crippen LogP contribution in [-0.2, 0) is 18.5 Å². The summed E-state index contributed by atoms with van der Waals surface area (Å²) < 4.78 is 37.2. The Bertz CT molecular complexity index is 1330. The first kappa shape index (κ1) is 28.6. The second-order valence-electron chi connectivity index (χ2n) is 9.79. The van der Waals surface area contributed by atoms with Crippen LogP contribution in [0.4, 0.5) is 5.82 Å². The maximum absolute atomic E-state index is 12.8. The Kier molecular flexibility index (Phi) is 9.70. The second-order valence-corrected chi connectivity index (χ2v) is 11.2. The number of methoxy groups -OCH3 is 1. The largest absolute Gasteiger partial charge is 0.374 e. The molecule has 1 fully saturated rings. The molecule has 0 saturated carbocycles. The third-order valence-electron chi connectivity index (χ3n) is 6.37. The Morgan fingerprint density at radius 3 is 2.62 bits per heavy atom. The highest BCUT2D eigenvalue weighted by atomic mass is 31.2. The van der Waals surface area contributed by atoms with Gasteiger partial charge in [0.25, 0.3) is 14.4 Å². The normalized spacial score (nSPS) is 22.1. The van der Waals surface area contributed by atoms with Gasteiger partial charge < -0.3 is 23.8 Å². The van der Waals surface area contributed by atoms with E-state index in [0.29, 0.717) is 29.8 Å². The average Bonchev–Trinajstić information content (AvgIpc) is 3.54. The van der Waals surface area contributed by atoms with Crippen LogP contribution in [0.5, 0.6) is 0 Å². The Balaban J connectivity index is 1.62. The lowest BCUT2D eigenvalue weighted by Crippen LogP contribution is -2.39. The molecule has 3 aromatic rings. The third kappa shape index (κ3) is 6.50. The Morgan fingerprint density at radius 1 is 1.23 bits per heavy atom. The van der Waals surface area contributed by atoms with E-state index in [4.69, 9.17) is 26.3 Å². The van der Waals surface area contributed by atoms with Gasteiger partial charge in [-0.25, -0.2) is 19.6 Å². The number of imidazole rings is 1. The summed E-state index contributed by atoms with van der Waals surface area (Å²) in [6.45, 7) is 8.62. The van der Waals surface area contributed by atoms with Crippen LogP contribution in [0.1, 0.15) is 59.0 Å². The molecule has 1 aromatic carbocycles. The number of rotatable bonds is 12. The standard InChI is InChI=1S/C28H37N6O5P/c1-8-9-15-37-40(34(18(2)3)19(4)5)39-23-20(6)38-28(24(23)36-7)33-17-31-22-25(29-16-30-26(22)33)32-27(35)21-13-11-10-12-14-21/h1,10-14,16-20,23-24,28H,9,15H2,2-7H3,(H,29,30,32,35)/i6D. The minimum atomic E-state index is -1.54. The molecular weight excluding hydrogens is 531 g/mol. The first-order chi connectivity index (χ1) is 19.8. The molecule has 1 aliphatic heterocycles. The molecule has 1 saturated heterocycles. The summed E-state index contributed by atoms with van der Waals surface area (Å²) in [4.78, 5) is 25.9. The molecule has 12 heteroatoms. The van der Waals surface area contributed by atoms with Gasteiger partial charge >= 0.3 is 0 Å². The number of nitrogens with zero attached hydrogens (tertiary/aromatic N) is 5. The molecule has 1 aliphatic rings. The monoisotopic (exact) mass is 569 g/mol. The van der Waals surface area contributed by atoms with E-state index in [1.165, 1.54) is 6.33 Å². The van der Waals surface area contributed by atoms with Gasteiger partial charge in [0.15, 0.2) is 23.2 Å². The summed E-state index contributed by atoms with van der Waals surface area (Å²) in [6, 6.07) is 9.12. The van der Waals surface area contributed by atoms with Gasteiger partial charge in [0.1, 0.15) is 18.5 Å². The van der Waals surface area contributed by atoms with Crippen molar-refractivity contribution in [1.29, 1.82) is 0 Å². The van der Waals surface area contributed by atoms with Crippen molar-refractivity contribution in [3.63, 3.8) is 0 Å². The van der Waals surface area contributed by atoms with Crippen LogP contribution in [0, 0.1) is 12.3 Å². The SMILES string of the molecule is [2H]CC1OC(n2cnc3c(NC(=O)c4ccccc4)ncnc32)C(OC)C1OP(OCCC#C)N(C(C)C)C(C)C. The second kappa shape index (κ2) is 13.6. The molecule has 4 rings (SSSR count). The summed E-state index contributed by atoms with van der Waals surface area (Å²) in [5.74, 6) is 2.57. The zero-order valence-corrected chi connectivity index (χ0v) is 24.3. The number of terminal acetylenes is 1. The number of ether oxygens (including phenoxy) is 2. The summed E-state index contributed by atoms with van der Waals surface area (Å²) in [5, 5.41) is 2.82. The van der Waals surface area contributed by atoms with Gasteiger partial charge in [-0.3, -0.25) is 9.36 Å². The number of nitrogens with one attached hydrogen (secondary N) is 1. The number of fused-ring (bicyclic) bond motifs is 1. The summed E-state index contributed by atoms with van der Waals surface area (Å²) in [6.07, 6.45) is 6.31. The van der Waals surface area contributed by atoms with Gasteiger partial charge in [-0.2, -0.15) is 0 Å². The van der Waals surface area contributed by atoms with E-state index in [9.17, 15) is 4.79 Å². The Labute approximate surface area is 238 Å². The number of aromatic nitrogens is 4. The number of hydrogen-bond donors (Lipinski definition) is 1. The summed E-state index contributed by atoms with van der Waals surface area (Å²) in [7, 11) is 0.0345. The van der Waals surface area contributed by atoms with Crippen LogP contribution in [0.3, 0.4) is 0 Å². The van der Waals surface area contributed by atoms with Gasteiger partial charge in [0, 0.05) is 32.5 Å². The highest BCUT2D eigenvalue weighted by molar-refractivity contribution is 7.44. The average molecular weight is 570 g/mol. The number of hydrogen-bond acceptors (Lipinski definition) is 9. The zero-order chi connectivity index (χ0) is 29.5. The lowest BCUT2D eigenvalue weighted by atomic mass is 10.1. The fraction of sp³-hybridized carbons (Fsp3) is 0.500. The van der Waals surface area contributed by atoms with Crippen molar-refractivity contribution in [3.05, 3.63) is 48.5 Å². The topological polar surface area (TPSA) is 113 Å². The van der Waals surface area contributed by atoms with Crippen molar-refractivity contribution in [2.45, 2.75) is 77.6 Å². The van der Waals surface area contributed by atoms with E-state index in [0.717, 1.165) is 0 Å². The number of anilines is 1. The Morgan fingerprint density at radius 2 is 1.98 bits per heavy atom. The fourth-order valence-corrected chi connectivity index (χ4v) is 6.39. The molecule has 1 amide bonds. The van der Waals surface area contributed by atoms with Crippen LogP contribution in [0.25, 0.3) is 11.2 Å². The predicted molar refractivity (Wildman–Crippen MR) is 153 cm³/mol. The van der Waals surface area contributed by atoms with Crippen molar-refractivity contribution in [2.24, 2.45) is 0 Å². The van der Waals surface area contributed by atoms with Gasteiger partial charge in [-0.05, 0) is 46.7 Å². The molecule has 5 unspecified atom stereocenters. The van der Waals surface area contributed by atoms with Gasteiger partial charge in [0.2, 0.25) is 0 Å². The number of benzene rings is 1. The lowest BCUT2D eigenvalue weighted by molar-refractivity contribution is -0.0466. The van der Waals surface area contributed by atoms with Gasteiger partial charge in [-0.15, -0.1) is 12.3 Å². The summed E-state index contributed by atoms with van der Waals surface area (Å²) in [5.41, 5.74) is 1.33. The number of carbonyl (C=O) groups excluding carboxylic acids is 1. The van der Waals surface area contributed by atoms with Crippen LogP contribution in [-0.4, -0.2) is 74.2 Å². The smallest absolute Gasteiger partial charge is 0.259 e. The highest BCUT2D eigenvalue weighted by Gasteiger charge is 2.48. The first-order valence-electron chi connectivity index (χ1n) is 13.8. The van der Waals surface area contributed by atoms with Crippen LogP contribution in [0.15, 0.2) is 43.0 Å². The van der Waals surface area contributed by atoms with Gasteiger partial charge in [-0.1, -0.05) is 18.2 Å². The van der Waals surface area contributed by atoms with Crippen molar-refractivity contribution >= 4 is 31.4 Å². The fourth-order valence-electron chi connectivity index (χ4n) is 4.62. The molecule has 0 bridgehead atoms. The van der Waals surface area contributed by atoms with Crippen molar-refractivity contribution < 1.29 is 24.7 Å². The number of amides is 1. The van der Waals surface area contributed by atoms with Crippen molar-refractivity contribution in [1.82, 2.24) is 24.2 Å². The maximum atomic E-state index is 12.8. The molecule has 1 N–H and O–H groups in total. The van der Waals surface area contributed by atoms with Gasteiger partial charge in [0.05, 0.1) is 19.0 Å². The van der Waals surface area contributed by atoms with Crippen LogP contribution in [0.2, 0.25) is 0 Å². The van der Waals surface area contributed by atoms with Crippen LogP contribution >= 0.6 is 8.53 Å². The van der Waals surface area contributed by atoms with E-state index in [1.54, 1.807) is 42.3 Å². The summed E-state index contributed by atoms with van der Waals surface area (Å²) >= 11 is 0. The molecule has 0 spiro atoms. The molecule has 0 aliphatic carbocycles. The molecule has 214 valence electrons. The van der Waals surface area contributed by atoms with E-state index < -0.39 is 33.1 Å². The predicted octanol–water partition coefficient (Wildman–Crippen LogP) is 4.78. The van der Waals surface area contributed by atoms with E-state index in [1.807, 2.05) is 6.07 Å². The van der Waals surface area contributed by atoms with E-state index in [-0.39, 0.29) is 30.7 Å². The lowest BCUT2D eigenvalue weighted by Gasteiger charge is -2.38. The van der Waals surface area contributed by atoms with Crippen molar-refractivity contribution in [2.75, 3.05) is 19.0 Å². The molecule has 0 radical (unpaired) electrons. The van der Waals surface area contributed by atoms with Crippen molar-refractivity contribution in [3.8, 4) is 12.3 Å². The van der Waals surface area contributed by atoms with E-state index >= 15 is 0 Å². The Hall–Kier alpha value is -2.97. The zero-order valence-electron chi connectivity index (χ0n) is 24.4. The first-order valence-corrected chi connectivity index (χ1v) is 14.3. The molecule has 3 heterocycles.